The van der Waals surface area contributed by atoms with Crippen molar-refractivity contribution in [1.82, 2.24) is 0 Å². The molecular formula is C32H20O4S. The molecular weight excluding hydrogens is 480 g/mol. The number of rotatable bonds is 3. The Morgan fingerprint density at radius 2 is 1.16 bits per heavy atom. The third-order valence-corrected chi connectivity index (χ3v) is 8.50. The van der Waals surface area contributed by atoms with Crippen molar-refractivity contribution in [2.45, 2.75) is 9.79 Å². The Morgan fingerprint density at radius 1 is 0.486 bits per heavy atom. The molecule has 0 atom stereocenters. The minimum atomic E-state index is -3.66. The summed E-state index contributed by atoms with van der Waals surface area (Å²) in [6.45, 7) is 0. The fourth-order valence-electron chi connectivity index (χ4n) is 4.94. The zero-order valence-corrected chi connectivity index (χ0v) is 20.4. The zero-order valence-electron chi connectivity index (χ0n) is 19.6. The number of hydrogen-bond donors (Lipinski definition) is 0. The van der Waals surface area contributed by atoms with Gasteiger partial charge in [-0.1, -0.05) is 84.9 Å². The molecule has 0 aliphatic carbocycles. The smallest absolute Gasteiger partial charge is 0.206 e. The highest BCUT2D eigenvalue weighted by Gasteiger charge is 2.25. The molecule has 5 heteroatoms. The molecule has 0 radical (unpaired) electrons. The van der Waals surface area contributed by atoms with Gasteiger partial charge in [-0.3, -0.25) is 0 Å². The van der Waals surface area contributed by atoms with Crippen molar-refractivity contribution >= 4 is 31.4 Å². The van der Waals surface area contributed by atoms with Crippen LogP contribution in [0.4, 0.5) is 0 Å². The van der Waals surface area contributed by atoms with Gasteiger partial charge in [0.2, 0.25) is 9.84 Å². The summed E-state index contributed by atoms with van der Waals surface area (Å²) in [7, 11) is -3.66. The van der Waals surface area contributed by atoms with Crippen LogP contribution >= 0.6 is 0 Å². The van der Waals surface area contributed by atoms with Crippen LogP contribution in [0, 0.1) is 0 Å². The van der Waals surface area contributed by atoms with Crippen molar-refractivity contribution in [2.75, 3.05) is 0 Å². The summed E-state index contributed by atoms with van der Waals surface area (Å²) in [5.41, 5.74) is 1.65. The molecule has 0 fully saturated rings. The Balaban J connectivity index is 1.40. The topological polar surface area (TPSA) is 52.6 Å². The average molecular weight is 501 g/mol. The number of benzene rings is 6. The van der Waals surface area contributed by atoms with Crippen LogP contribution in [0.3, 0.4) is 0 Å². The van der Waals surface area contributed by atoms with Crippen molar-refractivity contribution in [2.24, 2.45) is 0 Å². The van der Waals surface area contributed by atoms with Crippen LogP contribution in [-0.2, 0) is 9.84 Å². The van der Waals surface area contributed by atoms with Crippen molar-refractivity contribution in [3.05, 3.63) is 121 Å². The molecule has 7 rings (SSSR count). The predicted molar refractivity (Wildman–Crippen MR) is 145 cm³/mol. The quantitative estimate of drug-likeness (QED) is 0.244. The molecule has 0 saturated heterocycles. The van der Waals surface area contributed by atoms with E-state index in [2.05, 4.69) is 0 Å². The van der Waals surface area contributed by atoms with E-state index in [0.717, 1.165) is 32.7 Å². The minimum absolute atomic E-state index is 0.243. The molecule has 0 amide bonds. The van der Waals surface area contributed by atoms with E-state index in [1.807, 2.05) is 72.8 Å². The molecule has 1 aliphatic heterocycles. The summed E-state index contributed by atoms with van der Waals surface area (Å²) in [6.07, 6.45) is 0. The molecule has 178 valence electrons. The molecule has 0 N–H and O–H groups in total. The second kappa shape index (κ2) is 8.22. The summed E-state index contributed by atoms with van der Waals surface area (Å²) in [6, 6.07) is 37.4. The second-order valence-electron chi connectivity index (χ2n) is 8.96. The Hall–Kier alpha value is -4.61. The van der Waals surface area contributed by atoms with E-state index in [9.17, 15) is 8.42 Å². The van der Waals surface area contributed by atoms with E-state index in [-0.39, 0.29) is 9.79 Å². The van der Waals surface area contributed by atoms with Gasteiger partial charge in [-0.25, -0.2) is 8.42 Å². The summed E-state index contributed by atoms with van der Waals surface area (Å²) in [5, 5.41) is 3.90. The molecule has 0 spiro atoms. The van der Waals surface area contributed by atoms with Gasteiger partial charge >= 0.3 is 0 Å². The van der Waals surface area contributed by atoms with Crippen molar-refractivity contribution in [3.63, 3.8) is 0 Å². The maximum absolute atomic E-state index is 13.3. The highest BCUT2D eigenvalue weighted by atomic mass is 32.2. The van der Waals surface area contributed by atoms with E-state index in [0.29, 0.717) is 23.0 Å². The van der Waals surface area contributed by atoms with E-state index in [1.54, 1.807) is 48.5 Å². The van der Waals surface area contributed by atoms with Gasteiger partial charge in [0.1, 0.15) is 0 Å². The van der Waals surface area contributed by atoms with Crippen LogP contribution in [0.5, 0.6) is 23.0 Å². The number of fused-ring (bicyclic) bond motifs is 6. The zero-order chi connectivity index (χ0) is 25.0. The molecule has 0 saturated carbocycles. The third kappa shape index (κ3) is 3.47. The second-order valence-corrected chi connectivity index (χ2v) is 10.9. The van der Waals surface area contributed by atoms with Crippen molar-refractivity contribution in [3.8, 4) is 34.1 Å². The van der Waals surface area contributed by atoms with Crippen LogP contribution in [0.1, 0.15) is 0 Å². The highest BCUT2D eigenvalue weighted by Crippen LogP contribution is 2.53. The van der Waals surface area contributed by atoms with Gasteiger partial charge in [0.25, 0.3) is 0 Å². The first-order chi connectivity index (χ1) is 18.1. The largest absolute Gasteiger partial charge is 0.449 e. The summed E-state index contributed by atoms with van der Waals surface area (Å²) < 4.78 is 39.5. The van der Waals surface area contributed by atoms with E-state index >= 15 is 0 Å². The molecule has 1 heterocycles. The lowest BCUT2D eigenvalue weighted by molar-refractivity contribution is 0.367. The van der Waals surface area contributed by atoms with Gasteiger partial charge in [0.05, 0.1) is 9.79 Å². The van der Waals surface area contributed by atoms with E-state index in [1.165, 1.54) is 0 Å². The Labute approximate surface area is 214 Å². The van der Waals surface area contributed by atoms with E-state index < -0.39 is 9.84 Å². The SMILES string of the molecule is O=S(=O)(c1ccccc1)c1cccc(-c2cc3c(c4ccccc24)Oc2c(ccc4ccccc24)O3)c1. The van der Waals surface area contributed by atoms with Crippen LogP contribution in [0.15, 0.2) is 131 Å². The van der Waals surface area contributed by atoms with Gasteiger partial charge < -0.3 is 9.47 Å². The summed E-state index contributed by atoms with van der Waals surface area (Å²) >= 11 is 0. The van der Waals surface area contributed by atoms with E-state index in [4.69, 9.17) is 9.47 Å². The van der Waals surface area contributed by atoms with Crippen LogP contribution < -0.4 is 9.47 Å². The van der Waals surface area contributed by atoms with Gasteiger partial charge in [0.15, 0.2) is 23.0 Å². The maximum Gasteiger partial charge on any atom is 0.206 e. The maximum atomic E-state index is 13.3. The van der Waals surface area contributed by atoms with Crippen LogP contribution in [0.2, 0.25) is 0 Å². The fraction of sp³-hybridized carbons (Fsp3) is 0. The molecule has 6 aromatic rings. The van der Waals surface area contributed by atoms with Gasteiger partial charge in [-0.2, -0.15) is 0 Å². The third-order valence-electron chi connectivity index (χ3n) is 6.74. The average Bonchev–Trinajstić information content (AvgIpc) is 2.96. The molecule has 6 aromatic carbocycles. The molecule has 0 unspecified atom stereocenters. The van der Waals surface area contributed by atoms with Crippen molar-refractivity contribution < 1.29 is 17.9 Å². The Kier molecular flexibility index (Phi) is 4.81. The van der Waals surface area contributed by atoms with Gasteiger partial charge in [-0.05, 0) is 58.3 Å². The molecule has 37 heavy (non-hydrogen) atoms. The molecule has 0 bridgehead atoms. The first-order valence-electron chi connectivity index (χ1n) is 11.9. The summed E-state index contributed by atoms with van der Waals surface area (Å²) in [5.74, 6) is 2.58. The predicted octanol–water partition coefficient (Wildman–Crippen LogP) is 8.39. The lowest BCUT2D eigenvalue weighted by atomic mass is 9.96. The normalized spacial score (nSPS) is 12.4. The highest BCUT2D eigenvalue weighted by molar-refractivity contribution is 7.91. The number of sulfone groups is 1. The lowest BCUT2D eigenvalue weighted by Crippen LogP contribution is -2.03. The summed E-state index contributed by atoms with van der Waals surface area (Å²) in [4.78, 5) is 0.509. The minimum Gasteiger partial charge on any atom is -0.449 e. The molecule has 1 aliphatic rings. The molecule has 0 aromatic heterocycles. The number of hydrogen-bond acceptors (Lipinski definition) is 4. The van der Waals surface area contributed by atoms with Crippen molar-refractivity contribution in [1.29, 1.82) is 0 Å². The van der Waals surface area contributed by atoms with Crippen LogP contribution in [-0.4, -0.2) is 8.42 Å². The fourth-order valence-corrected chi connectivity index (χ4v) is 6.27. The van der Waals surface area contributed by atoms with Gasteiger partial charge in [0, 0.05) is 10.8 Å². The van der Waals surface area contributed by atoms with Crippen LogP contribution in [0.25, 0.3) is 32.7 Å². The van der Waals surface area contributed by atoms with Gasteiger partial charge in [-0.15, -0.1) is 0 Å². The number of ether oxygens (including phenoxy) is 2. The first-order valence-corrected chi connectivity index (χ1v) is 13.4. The Morgan fingerprint density at radius 3 is 2.00 bits per heavy atom. The Bertz CT molecular complexity index is 1940. The monoisotopic (exact) mass is 500 g/mol. The first kappa shape index (κ1) is 21.7. The lowest BCUT2D eigenvalue weighted by Gasteiger charge is -2.24. The molecule has 4 nitrogen and oxygen atoms in total. The standard InChI is InChI=1S/C32H20O4S/c33-37(34,23-11-2-1-3-12-23)24-13-8-10-22(19-24)28-20-30-32(27-16-7-6-15-26(27)28)36-31-25-14-5-4-9-21(25)17-18-29(31)35-30/h1-20H.